The fourth-order valence-electron chi connectivity index (χ4n) is 2.90. The molecule has 0 fully saturated rings. The van der Waals surface area contributed by atoms with Crippen LogP contribution in [0.15, 0.2) is 42.5 Å². The van der Waals surface area contributed by atoms with Gasteiger partial charge in [0.2, 0.25) is 5.82 Å². The van der Waals surface area contributed by atoms with Crippen molar-refractivity contribution in [2.75, 3.05) is 25.6 Å². The van der Waals surface area contributed by atoms with Crippen molar-refractivity contribution in [3.63, 3.8) is 0 Å². The lowest BCUT2D eigenvalue weighted by molar-refractivity contribution is -0.385. The molecular formula is C23H21N5O7. The van der Waals surface area contributed by atoms with E-state index >= 15 is 0 Å². The molecule has 12 heteroatoms. The summed E-state index contributed by atoms with van der Waals surface area (Å²) in [6.07, 6.45) is 0. The molecule has 2 aromatic carbocycles. The van der Waals surface area contributed by atoms with E-state index in [2.05, 4.69) is 15.3 Å². The van der Waals surface area contributed by atoms with E-state index in [4.69, 9.17) is 18.9 Å². The summed E-state index contributed by atoms with van der Waals surface area (Å²) >= 11 is 0. The maximum absolute atomic E-state index is 12.0. The van der Waals surface area contributed by atoms with Crippen molar-refractivity contribution >= 4 is 17.5 Å². The van der Waals surface area contributed by atoms with Gasteiger partial charge in [-0.2, -0.15) is 15.2 Å². The molecule has 0 bridgehead atoms. The molecule has 1 N–H and O–H groups in total. The number of nitriles is 1. The zero-order valence-corrected chi connectivity index (χ0v) is 19.1. The van der Waals surface area contributed by atoms with Gasteiger partial charge < -0.3 is 24.3 Å². The maximum Gasteiger partial charge on any atom is 0.373 e. The molecule has 0 amide bonds. The van der Waals surface area contributed by atoms with Gasteiger partial charge in [0, 0.05) is 6.07 Å². The average Bonchev–Trinajstić information content (AvgIpc) is 2.82. The Morgan fingerprint density at radius 3 is 2.63 bits per heavy atom. The second-order valence-corrected chi connectivity index (χ2v) is 6.92. The first-order valence-corrected chi connectivity index (χ1v) is 10.3. The molecule has 3 aromatic rings. The Labute approximate surface area is 200 Å². The molecule has 0 aliphatic heterocycles. The van der Waals surface area contributed by atoms with E-state index in [1.54, 1.807) is 25.1 Å². The largest absolute Gasteiger partial charge is 0.493 e. The number of rotatable bonds is 10. The number of nitrogens with zero attached hydrogens (tertiary/aromatic N) is 4. The number of anilines is 1. The minimum Gasteiger partial charge on any atom is -0.493 e. The monoisotopic (exact) mass is 479 g/mol. The highest BCUT2D eigenvalue weighted by molar-refractivity contribution is 5.76. The number of carbonyl (C=O) groups is 1. The smallest absolute Gasteiger partial charge is 0.373 e. The first-order chi connectivity index (χ1) is 16.8. The zero-order valence-electron chi connectivity index (χ0n) is 19.1. The lowest BCUT2D eigenvalue weighted by atomic mass is 10.2. The van der Waals surface area contributed by atoms with Gasteiger partial charge in [0.25, 0.3) is 0 Å². The quantitative estimate of drug-likeness (QED) is 0.253. The summed E-state index contributed by atoms with van der Waals surface area (Å²) in [6, 6.07) is 13.0. The van der Waals surface area contributed by atoms with Crippen LogP contribution in [0.4, 0.5) is 11.5 Å². The van der Waals surface area contributed by atoms with Crippen LogP contribution in [-0.4, -0.2) is 41.1 Å². The number of nitro groups is 1. The highest BCUT2D eigenvalue weighted by Crippen LogP contribution is 2.40. The minimum atomic E-state index is -0.764. The van der Waals surface area contributed by atoms with Gasteiger partial charge >= 0.3 is 23.5 Å². The van der Waals surface area contributed by atoms with Crippen LogP contribution in [0.5, 0.6) is 29.1 Å². The van der Waals surface area contributed by atoms with Gasteiger partial charge in [-0.25, -0.2) is 0 Å². The van der Waals surface area contributed by atoms with Crippen molar-refractivity contribution in [3.8, 4) is 35.2 Å². The zero-order chi connectivity index (χ0) is 25.4. The fraction of sp³-hybridized carbons (Fsp3) is 0.217. The van der Waals surface area contributed by atoms with Crippen LogP contribution in [-0.2, 0) is 9.53 Å². The Hall–Kier alpha value is -4.92. The molecule has 0 unspecified atom stereocenters. The maximum atomic E-state index is 12.0. The first-order valence-electron chi connectivity index (χ1n) is 10.3. The van der Waals surface area contributed by atoms with Crippen molar-refractivity contribution < 1.29 is 28.7 Å². The predicted molar refractivity (Wildman–Crippen MR) is 123 cm³/mol. The molecule has 180 valence electrons. The molecule has 1 heterocycles. The number of aromatic nitrogens is 2. The van der Waals surface area contributed by atoms with Crippen molar-refractivity contribution in [1.29, 1.82) is 5.26 Å². The van der Waals surface area contributed by atoms with Crippen LogP contribution >= 0.6 is 0 Å². The molecule has 0 radical (unpaired) electrons. The molecule has 0 spiro atoms. The van der Waals surface area contributed by atoms with E-state index in [1.807, 2.05) is 19.1 Å². The number of nitrogens with one attached hydrogen (secondary N) is 1. The van der Waals surface area contributed by atoms with Crippen LogP contribution in [0.1, 0.15) is 18.1 Å². The number of aryl methyl sites for hydroxylation is 1. The lowest BCUT2D eigenvalue weighted by Gasteiger charge is -2.13. The van der Waals surface area contributed by atoms with E-state index in [-0.39, 0.29) is 35.5 Å². The highest BCUT2D eigenvalue weighted by Gasteiger charge is 2.29. The van der Waals surface area contributed by atoms with E-state index < -0.39 is 29.0 Å². The van der Waals surface area contributed by atoms with Crippen molar-refractivity contribution in [1.82, 2.24) is 9.97 Å². The number of carbonyl (C=O) groups excluding carboxylic acids is 1. The molecule has 0 saturated carbocycles. The SMILES string of the molecule is CCOC(=O)CNc1nc(Oc2cccc(C)c2)nc(Oc2cc(C#N)ccc2OC)c1[N+](=O)[O-]. The Morgan fingerprint density at radius 2 is 1.97 bits per heavy atom. The van der Waals surface area contributed by atoms with Crippen molar-refractivity contribution in [3.05, 3.63) is 63.7 Å². The Kier molecular flexibility index (Phi) is 7.97. The Balaban J connectivity index is 2.10. The van der Waals surface area contributed by atoms with E-state index in [0.29, 0.717) is 5.75 Å². The van der Waals surface area contributed by atoms with Crippen LogP contribution in [0, 0.1) is 28.4 Å². The molecule has 0 aliphatic rings. The van der Waals surface area contributed by atoms with Crippen LogP contribution in [0.2, 0.25) is 0 Å². The van der Waals surface area contributed by atoms with Crippen molar-refractivity contribution in [2.45, 2.75) is 13.8 Å². The molecule has 35 heavy (non-hydrogen) atoms. The number of benzene rings is 2. The third-order valence-electron chi connectivity index (χ3n) is 4.42. The van der Waals surface area contributed by atoms with E-state index in [1.165, 1.54) is 25.3 Å². The summed E-state index contributed by atoms with van der Waals surface area (Å²) in [4.78, 5) is 31.2. The second kappa shape index (κ2) is 11.3. The Bertz CT molecular complexity index is 1290. The third-order valence-corrected chi connectivity index (χ3v) is 4.42. The average molecular weight is 479 g/mol. The van der Waals surface area contributed by atoms with Crippen LogP contribution in [0.25, 0.3) is 0 Å². The van der Waals surface area contributed by atoms with Gasteiger partial charge in [-0.1, -0.05) is 12.1 Å². The summed E-state index contributed by atoms with van der Waals surface area (Å²) < 4.78 is 21.5. The summed E-state index contributed by atoms with van der Waals surface area (Å²) in [5, 5.41) is 23.8. The second-order valence-electron chi connectivity index (χ2n) is 6.92. The lowest BCUT2D eigenvalue weighted by Crippen LogP contribution is -2.18. The number of methoxy groups -OCH3 is 1. The molecule has 0 atom stereocenters. The first kappa shape index (κ1) is 24.7. The number of esters is 1. The van der Waals surface area contributed by atoms with E-state index in [0.717, 1.165) is 5.56 Å². The molecule has 12 nitrogen and oxygen atoms in total. The van der Waals surface area contributed by atoms with Gasteiger partial charge in [0.05, 0.1) is 30.3 Å². The molecule has 1 aromatic heterocycles. The highest BCUT2D eigenvalue weighted by atomic mass is 16.6. The summed E-state index contributed by atoms with van der Waals surface area (Å²) in [7, 11) is 1.38. The van der Waals surface area contributed by atoms with Gasteiger partial charge in [-0.3, -0.25) is 14.9 Å². The van der Waals surface area contributed by atoms with Crippen molar-refractivity contribution in [2.24, 2.45) is 0 Å². The normalized spacial score (nSPS) is 10.1. The van der Waals surface area contributed by atoms with Crippen LogP contribution < -0.4 is 19.5 Å². The third kappa shape index (κ3) is 6.32. The number of hydrogen-bond acceptors (Lipinski definition) is 11. The fourth-order valence-corrected chi connectivity index (χ4v) is 2.90. The molecular weight excluding hydrogens is 458 g/mol. The predicted octanol–water partition coefficient (Wildman–Crippen LogP) is 4.13. The van der Waals surface area contributed by atoms with Crippen LogP contribution in [0.3, 0.4) is 0 Å². The topological polar surface area (TPSA) is 159 Å². The summed E-state index contributed by atoms with van der Waals surface area (Å²) in [5.41, 5.74) is 0.476. The number of hydrogen-bond donors (Lipinski definition) is 1. The molecule has 3 rings (SSSR count). The van der Waals surface area contributed by atoms with Gasteiger partial charge in [0.1, 0.15) is 12.3 Å². The summed E-state index contributed by atoms with van der Waals surface area (Å²) in [5.74, 6) is -0.874. The standard InChI is InChI=1S/C23H21N5O7/c1-4-33-19(29)13-25-21-20(28(30)31)22(35-18-11-15(12-24)8-9-17(18)32-3)27-23(26-21)34-16-7-5-6-14(2)10-16/h5-11H,4,13H2,1-3H3,(H,25,26,27). The summed E-state index contributed by atoms with van der Waals surface area (Å²) in [6.45, 7) is 3.23. The van der Waals surface area contributed by atoms with Gasteiger partial charge in [-0.05, 0) is 43.7 Å². The van der Waals surface area contributed by atoms with Gasteiger partial charge in [0.15, 0.2) is 11.5 Å². The number of ether oxygens (including phenoxy) is 4. The molecule has 0 aliphatic carbocycles. The molecule has 0 saturated heterocycles. The van der Waals surface area contributed by atoms with Gasteiger partial charge in [-0.15, -0.1) is 0 Å². The van der Waals surface area contributed by atoms with E-state index in [9.17, 15) is 20.2 Å². The minimum absolute atomic E-state index is 0.00574. The Morgan fingerprint density at radius 1 is 1.17 bits per heavy atom.